The van der Waals surface area contributed by atoms with Crippen LogP contribution in [-0.2, 0) is 23.9 Å². The van der Waals surface area contributed by atoms with Gasteiger partial charge in [0.25, 0.3) is 0 Å². The maximum Gasteiger partial charge on any atom is 0.417 e. The number of aromatic nitrogens is 2. The van der Waals surface area contributed by atoms with Gasteiger partial charge in [-0.25, -0.2) is 0 Å². The number of rotatable bonds is 0. The molecular formula is C36H36N2O+2. The second kappa shape index (κ2) is 7.47. The molecule has 1 aliphatic carbocycles. The topological polar surface area (TPSA) is 20.9 Å². The van der Waals surface area contributed by atoms with Crippen LogP contribution in [0, 0.1) is 20.8 Å². The lowest BCUT2D eigenvalue weighted by Crippen LogP contribution is -2.71. The molecule has 3 heteroatoms. The zero-order chi connectivity index (χ0) is 26.8. The van der Waals surface area contributed by atoms with Gasteiger partial charge in [0.05, 0.1) is 5.56 Å². The maximum absolute atomic E-state index is 6.81. The van der Waals surface area contributed by atoms with E-state index >= 15 is 0 Å². The van der Waals surface area contributed by atoms with Crippen molar-refractivity contribution in [3.05, 3.63) is 106 Å². The fraction of sp³-hybridized carbons (Fsp3) is 0.333. The lowest BCUT2D eigenvalue weighted by atomic mass is 9.87. The highest BCUT2D eigenvalue weighted by Gasteiger charge is 2.67. The lowest BCUT2D eigenvalue weighted by molar-refractivity contribution is -0.955. The maximum atomic E-state index is 6.81. The molecule has 1 atom stereocenters. The van der Waals surface area contributed by atoms with Crippen molar-refractivity contribution < 1.29 is 13.6 Å². The third kappa shape index (κ3) is 2.83. The smallest absolute Gasteiger partial charge is 0.417 e. The van der Waals surface area contributed by atoms with Gasteiger partial charge in [-0.1, -0.05) is 32.4 Å². The van der Waals surface area contributed by atoms with Gasteiger partial charge < -0.3 is 4.42 Å². The summed E-state index contributed by atoms with van der Waals surface area (Å²) >= 11 is 0. The molecule has 0 saturated heterocycles. The highest BCUT2D eigenvalue weighted by atomic mass is 16.3. The first-order chi connectivity index (χ1) is 18.7. The second-order valence-electron chi connectivity index (χ2n) is 13.1. The molecule has 2 aromatic carbocycles. The molecule has 3 aromatic heterocycles. The quantitative estimate of drug-likeness (QED) is 0.194. The van der Waals surface area contributed by atoms with Gasteiger partial charge in [0.1, 0.15) is 28.0 Å². The van der Waals surface area contributed by atoms with Crippen LogP contribution in [0.15, 0.2) is 65.3 Å². The number of pyridine rings is 2. The van der Waals surface area contributed by atoms with Crippen molar-refractivity contribution in [2.45, 2.75) is 78.3 Å². The highest BCUT2D eigenvalue weighted by Crippen LogP contribution is 2.51. The van der Waals surface area contributed by atoms with Gasteiger partial charge in [0.15, 0.2) is 12.4 Å². The van der Waals surface area contributed by atoms with Gasteiger partial charge in [-0.3, -0.25) is 0 Å². The first-order valence-corrected chi connectivity index (χ1v) is 14.5. The van der Waals surface area contributed by atoms with E-state index in [-0.39, 0.29) is 5.41 Å². The van der Waals surface area contributed by atoms with Gasteiger partial charge in [-0.05, 0) is 81.3 Å². The van der Waals surface area contributed by atoms with Crippen molar-refractivity contribution in [2.24, 2.45) is 0 Å². The summed E-state index contributed by atoms with van der Waals surface area (Å²) in [6.45, 7) is 13.6. The summed E-state index contributed by atoms with van der Waals surface area (Å²) in [5.74, 6) is 1.20. The Balaban J connectivity index is 1.58. The van der Waals surface area contributed by atoms with E-state index in [4.69, 9.17) is 4.42 Å². The third-order valence-electron chi connectivity index (χ3n) is 9.65. The molecule has 5 aromatic rings. The fourth-order valence-electron chi connectivity index (χ4n) is 7.46. The van der Waals surface area contributed by atoms with Crippen LogP contribution in [0.3, 0.4) is 0 Å². The molecule has 0 saturated carbocycles. The molecule has 0 radical (unpaired) electrons. The third-order valence-corrected chi connectivity index (χ3v) is 9.65. The minimum Gasteiger partial charge on any atom is -0.460 e. The van der Waals surface area contributed by atoms with Crippen LogP contribution in [0.4, 0.5) is 0 Å². The van der Waals surface area contributed by atoms with E-state index in [0.717, 1.165) is 18.4 Å². The standard InChI is InChI=1S/C36H36N2O/c1-21-11-13-27-29(17-21)36(37-19-23(3)22(2)18-31(27)37)28-15-14-26-25-9-7-8-10-32(25)39-34(26)33(28)30-16-12-24(20-38(30)36)35(4,5)6/h11-20H,7-10H2,1-6H3/q+2. The van der Waals surface area contributed by atoms with Crippen molar-refractivity contribution in [1.82, 2.24) is 0 Å². The lowest BCUT2D eigenvalue weighted by Gasteiger charge is -2.21. The Morgan fingerprint density at radius 1 is 0.769 bits per heavy atom. The number of benzene rings is 2. The van der Waals surface area contributed by atoms with E-state index in [9.17, 15) is 0 Å². The molecule has 3 aliphatic rings. The van der Waals surface area contributed by atoms with Crippen LogP contribution in [0.5, 0.6) is 0 Å². The summed E-state index contributed by atoms with van der Waals surface area (Å²) in [6.07, 6.45) is 9.43. The Hall–Kier alpha value is -3.72. The molecule has 0 amide bonds. The second-order valence-corrected chi connectivity index (χ2v) is 13.1. The van der Waals surface area contributed by atoms with Crippen LogP contribution < -0.4 is 9.13 Å². The molecule has 8 rings (SSSR count). The van der Waals surface area contributed by atoms with Crippen molar-refractivity contribution in [3.8, 4) is 22.5 Å². The summed E-state index contributed by atoms with van der Waals surface area (Å²) in [5.41, 5.74) is 15.0. The molecule has 0 fully saturated rings. The molecule has 5 heterocycles. The van der Waals surface area contributed by atoms with E-state index in [1.165, 1.54) is 85.4 Å². The Bertz CT molecular complexity index is 1880. The number of fused-ring (bicyclic) bond motifs is 14. The van der Waals surface area contributed by atoms with Gasteiger partial charge in [0, 0.05) is 40.6 Å². The first-order valence-electron chi connectivity index (χ1n) is 14.5. The van der Waals surface area contributed by atoms with E-state index in [2.05, 4.69) is 112 Å². The largest absolute Gasteiger partial charge is 0.460 e. The molecule has 0 N–H and O–H groups in total. The number of furan rings is 1. The van der Waals surface area contributed by atoms with E-state index in [1.807, 2.05) is 0 Å². The van der Waals surface area contributed by atoms with Gasteiger partial charge >= 0.3 is 5.66 Å². The van der Waals surface area contributed by atoms with Crippen LogP contribution in [0.2, 0.25) is 0 Å². The average molecular weight is 513 g/mol. The number of hydrogen-bond acceptors (Lipinski definition) is 1. The van der Waals surface area contributed by atoms with Crippen LogP contribution in [-0.4, -0.2) is 0 Å². The molecule has 194 valence electrons. The molecule has 39 heavy (non-hydrogen) atoms. The van der Waals surface area contributed by atoms with Crippen LogP contribution in [0.25, 0.3) is 33.5 Å². The van der Waals surface area contributed by atoms with Crippen LogP contribution >= 0.6 is 0 Å². The molecule has 3 nitrogen and oxygen atoms in total. The van der Waals surface area contributed by atoms with Crippen molar-refractivity contribution in [2.75, 3.05) is 0 Å². The minimum atomic E-state index is -0.511. The molecule has 1 spiro atoms. The summed E-state index contributed by atoms with van der Waals surface area (Å²) in [5, 5.41) is 1.31. The number of aryl methyl sites for hydroxylation is 5. The van der Waals surface area contributed by atoms with Crippen molar-refractivity contribution in [1.29, 1.82) is 0 Å². The number of hydrogen-bond donors (Lipinski definition) is 0. The summed E-state index contributed by atoms with van der Waals surface area (Å²) in [7, 11) is 0. The predicted octanol–water partition coefficient (Wildman–Crippen LogP) is 7.37. The van der Waals surface area contributed by atoms with Gasteiger partial charge in [0.2, 0.25) is 11.4 Å². The predicted molar refractivity (Wildman–Crippen MR) is 155 cm³/mol. The summed E-state index contributed by atoms with van der Waals surface area (Å²) < 4.78 is 11.9. The molecule has 1 unspecified atom stereocenters. The van der Waals surface area contributed by atoms with Crippen molar-refractivity contribution >= 4 is 11.0 Å². The highest BCUT2D eigenvalue weighted by molar-refractivity contribution is 5.97. The Kier molecular flexibility index (Phi) is 4.44. The Morgan fingerprint density at radius 3 is 2.38 bits per heavy atom. The minimum absolute atomic E-state index is 0.0296. The van der Waals surface area contributed by atoms with E-state index in [0.29, 0.717) is 0 Å². The normalized spacial score (nSPS) is 18.7. The average Bonchev–Trinajstić information content (AvgIpc) is 3.51. The molecular weight excluding hydrogens is 476 g/mol. The van der Waals surface area contributed by atoms with Crippen LogP contribution in [0.1, 0.15) is 78.3 Å². The summed E-state index contributed by atoms with van der Waals surface area (Å²) in [4.78, 5) is 0. The fourth-order valence-corrected chi connectivity index (χ4v) is 7.46. The summed E-state index contributed by atoms with van der Waals surface area (Å²) in [6, 6.07) is 18.8. The van der Waals surface area contributed by atoms with Gasteiger partial charge in [-0.15, -0.1) is 9.13 Å². The Morgan fingerprint density at radius 2 is 1.56 bits per heavy atom. The molecule has 0 bridgehead atoms. The Labute approximate surface area is 230 Å². The monoisotopic (exact) mass is 512 g/mol. The molecule has 2 aliphatic heterocycles. The van der Waals surface area contributed by atoms with E-state index < -0.39 is 5.66 Å². The zero-order valence-electron chi connectivity index (χ0n) is 23.9. The van der Waals surface area contributed by atoms with Crippen molar-refractivity contribution in [3.63, 3.8) is 0 Å². The number of nitrogens with zero attached hydrogens (tertiary/aromatic N) is 2. The van der Waals surface area contributed by atoms with E-state index in [1.54, 1.807) is 0 Å². The zero-order valence-corrected chi connectivity index (χ0v) is 23.9. The first kappa shape index (κ1) is 23.2. The van der Waals surface area contributed by atoms with Gasteiger partial charge in [-0.2, -0.15) is 0 Å². The SMILES string of the molecule is Cc1ccc2c(c1)C1(c3ccc4c5c(oc4c3-c3ccc(C(C)(C)C)c[n+]31)CCCC5)[n+]1cc(C)c(C)cc1-2.